The SMILES string of the molecule is CCc1cnc(C(C)n2c(=S)[nH]c3ccc(OC)cc32)s1. The van der Waals surface area contributed by atoms with E-state index >= 15 is 0 Å². The van der Waals surface area contributed by atoms with Crippen LogP contribution in [0.25, 0.3) is 11.0 Å². The van der Waals surface area contributed by atoms with Crippen molar-refractivity contribution in [3.05, 3.63) is 39.1 Å². The number of ether oxygens (including phenoxy) is 1. The first-order chi connectivity index (χ1) is 10.1. The lowest BCUT2D eigenvalue weighted by Gasteiger charge is -2.12. The van der Waals surface area contributed by atoms with Gasteiger partial charge in [-0.25, -0.2) is 4.98 Å². The van der Waals surface area contributed by atoms with E-state index in [9.17, 15) is 0 Å². The third-order valence-electron chi connectivity index (χ3n) is 3.59. The van der Waals surface area contributed by atoms with Gasteiger partial charge in [0.1, 0.15) is 10.8 Å². The minimum atomic E-state index is 0.101. The van der Waals surface area contributed by atoms with Gasteiger partial charge in [0.15, 0.2) is 4.77 Å². The average Bonchev–Trinajstić information content (AvgIpc) is 3.09. The van der Waals surface area contributed by atoms with Crippen molar-refractivity contribution in [2.75, 3.05) is 7.11 Å². The van der Waals surface area contributed by atoms with Crippen molar-refractivity contribution >= 4 is 34.6 Å². The summed E-state index contributed by atoms with van der Waals surface area (Å²) in [5.74, 6) is 0.825. The maximum Gasteiger partial charge on any atom is 0.178 e. The zero-order chi connectivity index (χ0) is 15.0. The Kier molecular flexibility index (Phi) is 3.82. The van der Waals surface area contributed by atoms with Crippen LogP contribution in [0.5, 0.6) is 5.75 Å². The molecule has 0 fully saturated rings. The maximum atomic E-state index is 5.49. The smallest absolute Gasteiger partial charge is 0.178 e. The van der Waals surface area contributed by atoms with Gasteiger partial charge in [-0.3, -0.25) is 0 Å². The van der Waals surface area contributed by atoms with Gasteiger partial charge in [-0.2, -0.15) is 0 Å². The van der Waals surface area contributed by atoms with Crippen LogP contribution in [0.1, 0.15) is 29.8 Å². The molecule has 0 amide bonds. The molecule has 0 aliphatic rings. The molecule has 1 aromatic carbocycles. The number of methoxy groups -OCH3 is 1. The van der Waals surface area contributed by atoms with Crippen LogP contribution in [0.15, 0.2) is 24.4 Å². The number of aryl methyl sites for hydroxylation is 1. The number of fused-ring (bicyclic) bond motifs is 1. The number of nitrogens with one attached hydrogen (secondary N) is 1. The molecule has 0 saturated carbocycles. The summed E-state index contributed by atoms with van der Waals surface area (Å²) in [7, 11) is 1.67. The molecule has 0 radical (unpaired) electrons. The van der Waals surface area contributed by atoms with Crippen LogP contribution in [-0.4, -0.2) is 21.6 Å². The molecule has 1 unspecified atom stereocenters. The number of H-pyrrole nitrogens is 1. The van der Waals surface area contributed by atoms with Gasteiger partial charge in [0.05, 0.1) is 24.2 Å². The Hall–Kier alpha value is -1.66. The fraction of sp³-hybridized carbons (Fsp3) is 0.333. The Bertz CT molecular complexity index is 831. The molecule has 110 valence electrons. The lowest BCUT2D eigenvalue weighted by atomic mass is 10.2. The Morgan fingerprint density at radius 3 is 2.95 bits per heavy atom. The van der Waals surface area contributed by atoms with Gasteiger partial charge >= 0.3 is 0 Å². The number of nitrogens with zero attached hydrogens (tertiary/aromatic N) is 2. The first-order valence-electron chi connectivity index (χ1n) is 6.87. The van der Waals surface area contributed by atoms with Crippen LogP contribution in [0.4, 0.5) is 0 Å². The van der Waals surface area contributed by atoms with Crippen LogP contribution in [0, 0.1) is 4.77 Å². The summed E-state index contributed by atoms with van der Waals surface area (Å²) < 4.78 is 8.13. The average molecular weight is 319 g/mol. The Morgan fingerprint density at radius 2 is 2.29 bits per heavy atom. The molecule has 6 heteroatoms. The van der Waals surface area contributed by atoms with Crippen molar-refractivity contribution in [1.82, 2.24) is 14.5 Å². The largest absolute Gasteiger partial charge is 0.497 e. The lowest BCUT2D eigenvalue weighted by molar-refractivity contribution is 0.415. The van der Waals surface area contributed by atoms with Gasteiger partial charge in [-0.15, -0.1) is 11.3 Å². The molecule has 0 aliphatic heterocycles. The summed E-state index contributed by atoms with van der Waals surface area (Å²) in [5, 5.41) is 1.08. The third-order valence-corrected chi connectivity index (χ3v) is 5.20. The molecule has 4 nitrogen and oxygen atoms in total. The van der Waals surface area contributed by atoms with Crippen molar-refractivity contribution in [3.63, 3.8) is 0 Å². The van der Waals surface area contributed by atoms with Gasteiger partial charge < -0.3 is 14.3 Å². The maximum absolute atomic E-state index is 5.49. The lowest BCUT2D eigenvalue weighted by Crippen LogP contribution is -2.06. The molecular formula is C15H17N3OS2. The van der Waals surface area contributed by atoms with E-state index in [0.717, 1.165) is 28.2 Å². The zero-order valence-corrected chi connectivity index (χ0v) is 13.8. The number of aromatic amines is 1. The number of imidazole rings is 1. The molecule has 1 atom stereocenters. The fourth-order valence-electron chi connectivity index (χ4n) is 2.40. The van der Waals surface area contributed by atoms with E-state index in [-0.39, 0.29) is 6.04 Å². The van der Waals surface area contributed by atoms with Crippen LogP contribution in [-0.2, 0) is 6.42 Å². The number of thiazole rings is 1. The second-order valence-corrected chi connectivity index (χ2v) is 6.41. The second kappa shape index (κ2) is 5.61. The van der Waals surface area contributed by atoms with Crippen LogP contribution in [0.3, 0.4) is 0 Å². The van der Waals surface area contributed by atoms with Crippen molar-refractivity contribution in [2.24, 2.45) is 0 Å². The van der Waals surface area contributed by atoms with Crippen LogP contribution in [0.2, 0.25) is 0 Å². The van der Waals surface area contributed by atoms with Gasteiger partial charge in [-0.1, -0.05) is 6.92 Å². The molecule has 2 aromatic heterocycles. The summed E-state index contributed by atoms with van der Waals surface area (Å²) in [6, 6.07) is 6.03. The predicted molar refractivity (Wildman–Crippen MR) is 89.0 cm³/mol. The minimum Gasteiger partial charge on any atom is -0.497 e. The van der Waals surface area contributed by atoms with Gasteiger partial charge in [-0.05, 0) is 37.7 Å². The minimum absolute atomic E-state index is 0.101. The number of aromatic nitrogens is 3. The Balaban J connectivity index is 2.14. The normalized spacial score (nSPS) is 12.7. The summed E-state index contributed by atoms with van der Waals surface area (Å²) in [5.41, 5.74) is 2.06. The fourth-order valence-corrected chi connectivity index (χ4v) is 3.67. The van der Waals surface area contributed by atoms with Gasteiger partial charge in [0.25, 0.3) is 0 Å². The number of hydrogen-bond donors (Lipinski definition) is 1. The quantitative estimate of drug-likeness (QED) is 0.728. The van der Waals surface area contributed by atoms with Gasteiger partial charge in [0.2, 0.25) is 0 Å². The van der Waals surface area contributed by atoms with E-state index in [1.807, 2.05) is 24.4 Å². The third kappa shape index (κ3) is 2.49. The molecule has 21 heavy (non-hydrogen) atoms. The molecule has 3 rings (SSSR count). The number of rotatable bonds is 4. The van der Waals surface area contributed by atoms with Crippen molar-refractivity contribution in [1.29, 1.82) is 0 Å². The summed E-state index contributed by atoms with van der Waals surface area (Å²) in [4.78, 5) is 9.08. The second-order valence-electron chi connectivity index (χ2n) is 4.88. The van der Waals surface area contributed by atoms with Crippen molar-refractivity contribution in [3.8, 4) is 5.75 Å². The highest BCUT2D eigenvalue weighted by atomic mass is 32.1. The van der Waals surface area contributed by atoms with E-state index in [2.05, 4.69) is 28.4 Å². The van der Waals surface area contributed by atoms with E-state index in [1.54, 1.807) is 18.4 Å². The molecule has 0 aliphatic carbocycles. The topological polar surface area (TPSA) is 42.8 Å². The molecule has 1 N–H and O–H groups in total. The molecule has 0 spiro atoms. The van der Waals surface area contributed by atoms with E-state index in [0.29, 0.717) is 4.77 Å². The Labute approximate surface area is 132 Å². The standard InChI is InChI=1S/C15H17N3OS2/c1-4-11-8-16-14(21-11)9(2)18-13-7-10(19-3)5-6-12(13)17-15(18)20/h5-9H,4H2,1-3H3,(H,17,20). The van der Waals surface area contributed by atoms with Crippen molar-refractivity contribution < 1.29 is 4.74 Å². The molecule has 0 bridgehead atoms. The molecule has 0 saturated heterocycles. The highest BCUT2D eigenvalue weighted by Crippen LogP contribution is 2.29. The summed E-state index contributed by atoms with van der Waals surface area (Å²) in [6.45, 7) is 4.27. The van der Waals surface area contributed by atoms with E-state index in [1.165, 1.54) is 4.88 Å². The highest BCUT2D eigenvalue weighted by Gasteiger charge is 2.16. The molecular weight excluding hydrogens is 302 g/mol. The first kappa shape index (κ1) is 14.3. The number of benzene rings is 1. The first-order valence-corrected chi connectivity index (χ1v) is 8.09. The monoisotopic (exact) mass is 319 g/mol. The van der Waals surface area contributed by atoms with Crippen LogP contribution < -0.4 is 4.74 Å². The van der Waals surface area contributed by atoms with E-state index < -0.39 is 0 Å². The number of hydrogen-bond acceptors (Lipinski definition) is 4. The Morgan fingerprint density at radius 1 is 1.48 bits per heavy atom. The van der Waals surface area contributed by atoms with Crippen molar-refractivity contribution in [2.45, 2.75) is 26.3 Å². The van der Waals surface area contributed by atoms with E-state index in [4.69, 9.17) is 17.0 Å². The summed E-state index contributed by atoms with van der Waals surface area (Å²) >= 11 is 7.23. The zero-order valence-electron chi connectivity index (χ0n) is 12.2. The van der Waals surface area contributed by atoms with Crippen LogP contribution >= 0.6 is 23.6 Å². The molecule has 2 heterocycles. The predicted octanol–water partition coefficient (Wildman–Crippen LogP) is 4.34. The molecule has 3 aromatic rings. The summed E-state index contributed by atoms with van der Waals surface area (Å²) in [6.07, 6.45) is 2.97. The highest BCUT2D eigenvalue weighted by molar-refractivity contribution is 7.71. The van der Waals surface area contributed by atoms with Gasteiger partial charge in [0, 0.05) is 17.1 Å².